The van der Waals surface area contributed by atoms with Crippen LogP contribution in [0.5, 0.6) is 0 Å². The predicted molar refractivity (Wildman–Crippen MR) is 93.4 cm³/mol. The lowest BCUT2D eigenvalue weighted by Gasteiger charge is -2.65. The average molecular weight is 338 g/mol. The molecule has 0 radical (unpaired) electrons. The summed E-state index contributed by atoms with van der Waals surface area (Å²) in [6, 6.07) is 5.79. The molecule has 1 aromatic carbocycles. The smallest absolute Gasteiger partial charge is 0.0465 e. The quantitative estimate of drug-likeness (QED) is 0.731. The minimum atomic E-state index is 0.297. The summed E-state index contributed by atoms with van der Waals surface area (Å²) < 4.78 is 0. The van der Waals surface area contributed by atoms with E-state index in [0.29, 0.717) is 16.4 Å². The third-order valence-corrected chi connectivity index (χ3v) is 7.04. The molecule has 1 nitrogen and oxygen atoms in total. The SMILES string of the molecule is CC12CC3CC(C)(C1)CC(NCc1c(Cl)cccc1Cl)(C3)C2. The average Bonchev–Trinajstić information content (AvgIpc) is 2.33. The molecule has 0 amide bonds. The van der Waals surface area contributed by atoms with E-state index < -0.39 is 0 Å². The highest BCUT2D eigenvalue weighted by atomic mass is 35.5. The molecule has 4 fully saturated rings. The summed E-state index contributed by atoms with van der Waals surface area (Å²) in [4.78, 5) is 0. The Morgan fingerprint density at radius 1 is 1.00 bits per heavy atom. The van der Waals surface area contributed by atoms with Gasteiger partial charge in [-0.3, -0.25) is 0 Å². The van der Waals surface area contributed by atoms with Gasteiger partial charge in [0, 0.05) is 27.7 Å². The Balaban J connectivity index is 1.58. The summed E-state index contributed by atoms with van der Waals surface area (Å²) in [7, 11) is 0. The Kier molecular flexibility index (Phi) is 3.39. The van der Waals surface area contributed by atoms with Crippen LogP contribution in [0.2, 0.25) is 10.0 Å². The van der Waals surface area contributed by atoms with Crippen LogP contribution in [0.4, 0.5) is 0 Å². The van der Waals surface area contributed by atoms with E-state index in [-0.39, 0.29) is 0 Å². The van der Waals surface area contributed by atoms with Crippen molar-refractivity contribution in [2.24, 2.45) is 16.7 Å². The van der Waals surface area contributed by atoms with Gasteiger partial charge < -0.3 is 5.32 Å². The molecule has 22 heavy (non-hydrogen) atoms. The first-order chi connectivity index (χ1) is 10.3. The highest BCUT2D eigenvalue weighted by molar-refractivity contribution is 6.35. The topological polar surface area (TPSA) is 12.0 Å². The number of hydrogen-bond donors (Lipinski definition) is 1. The maximum atomic E-state index is 6.35. The van der Waals surface area contributed by atoms with Gasteiger partial charge in [-0.05, 0) is 67.4 Å². The second-order valence-corrected chi connectivity index (χ2v) is 9.78. The predicted octanol–water partition coefficient (Wildman–Crippen LogP) is 5.83. The maximum Gasteiger partial charge on any atom is 0.0465 e. The van der Waals surface area contributed by atoms with Crippen LogP contribution in [-0.2, 0) is 6.54 Å². The summed E-state index contributed by atoms with van der Waals surface area (Å²) in [6.45, 7) is 5.81. The van der Waals surface area contributed by atoms with Gasteiger partial charge in [0.25, 0.3) is 0 Å². The molecule has 4 aliphatic carbocycles. The van der Waals surface area contributed by atoms with Gasteiger partial charge in [-0.25, -0.2) is 0 Å². The minimum Gasteiger partial charge on any atom is -0.307 e. The molecule has 120 valence electrons. The summed E-state index contributed by atoms with van der Waals surface area (Å²) in [6.07, 6.45) is 8.23. The Hall–Kier alpha value is -0.240. The first-order valence-electron chi connectivity index (χ1n) is 8.49. The van der Waals surface area contributed by atoms with Gasteiger partial charge in [-0.15, -0.1) is 0 Å². The van der Waals surface area contributed by atoms with Gasteiger partial charge in [-0.2, -0.15) is 0 Å². The van der Waals surface area contributed by atoms with Crippen LogP contribution in [0.15, 0.2) is 18.2 Å². The van der Waals surface area contributed by atoms with E-state index in [1.807, 2.05) is 18.2 Å². The zero-order valence-electron chi connectivity index (χ0n) is 13.5. The van der Waals surface area contributed by atoms with E-state index in [4.69, 9.17) is 23.2 Å². The molecule has 0 aliphatic heterocycles. The zero-order chi connectivity index (χ0) is 15.6. The Bertz CT molecular complexity index is 573. The van der Waals surface area contributed by atoms with Crippen molar-refractivity contribution in [1.82, 2.24) is 5.32 Å². The van der Waals surface area contributed by atoms with E-state index in [1.54, 1.807) is 0 Å². The molecule has 0 saturated heterocycles. The van der Waals surface area contributed by atoms with E-state index in [0.717, 1.165) is 28.1 Å². The van der Waals surface area contributed by atoms with Crippen LogP contribution in [-0.4, -0.2) is 5.54 Å². The van der Waals surface area contributed by atoms with Gasteiger partial charge in [0.2, 0.25) is 0 Å². The molecule has 5 rings (SSSR count). The fourth-order valence-corrected chi connectivity index (χ4v) is 7.15. The molecule has 0 aromatic heterocycles. The molecule has 2 atom stereocenters. The molecule has 0 spiro atoms. The van der Waals surface area contributed by atoms with Crippen molar-refractivity contribution < 1.29 is 0 Å². The summed E-state index contributed by atoms with van der Waals surface area (Å²) in [5.41, 5.74) is 2.42. The third kappa shape index (κ3) is 2.50. The second-order valence-electron chi connectivity index (χ2n) is 8.96. The third-order valence-electron chi connectivity index (χ3n) is 6.33. The van der Waals surface area contributed by atoms with Crippen LogP contribution in [0, 0.1) is 16.7 Å². The monoisotopic (exact) mass is 337 g/mol. The Morgan fingerprint density at radius 3 is 2.14 bits per heavy atom. The number of hydrogen-bond acceptors (Lipinski definition) is 1. The summed E-state index contributed by atoms with van der Waals surface area (Å²) in [5, 5.41) is 5.47. The first-order valence-corrected chi connectivity index (χ1v) is 9.24. The van der Waals surface area contributed by atoms with Crippen molar-refractivity contribution in [3.63, 3.8) is 0 Å². The maximum absolute atomic E-state index is 6.35. The molecule has 0 heterocycles. The fraction of sp³-hybridized carbons (Fsp3) is 0.684. The standard InChI is InChI=1S/C19H25Cl2N/c1-17-6-13-7-18(2,10-17)12-19(8-13,11-17)22-9-14-15(20)4-3-5-16(14)21/h3-5,13,22H,6-12H2,1-2H3. The van der Waals surface area contributed by atoms with Gasteiger partial charge >= 0.3 is 0 Å². The van der Waals surface area contributed by atoms with Crippen molar-refractivity contribution in [3.8, 4) is 0 Å². The van der Waals surface area contributed by atoms with Gasteiger partial charge in [0.1, 0.15) is 0 Å². The molecular weight excluding hydrogens is 313 g/mol. The highest BCUT2D eigenvalue weighted by Crippen LogP contribution is 2.66. The molecule has 1 aromatic rings. The van der Waals surface area contributed by atoms with Gasteiger partial charge in [0.05, 0.1) is 0 Å². The van der Waals surface area contributed by atoms with Crippen molar-refractivity contribution in [3.05, 3.63) is 33.8 Å². The molecule has 1 N–H and O–H groups in total. The lowest BCUT2D eigenvalue weighted by atomic mass is 9.43. The molecule has 3 heteroatoms. The molecule has 4 saturated carbocycles. The van der Waals surface area contributed by atoms with Gasteiger partial charge in [-0.1, -0.05) is 43.1 Å². The van der Waals surface area contributed by atoms with Crippen molar-refractivity contribution in [1.29, 1.82) is 0 Å². The molecule has 4 aliphatic rings. The molecular formula is C19H25Cl2N. The van der Waals surface area contributed by atoms with E-state index in [9.17, 15) is 0 Å². The summed E-state index contributed by atoms with van der Waals surface area (Å²) in [5.74, 6) is 0.903. The van der Waals surface area contributed by atoms with Crippen LogP contribution in [0.1, 0.15) is 57.9 Å². The van der Waals surface area contributed by atoms with Crippen molar-refractivity contribution in [2.75, 3.05) is 0 Å². The van der Waals surface area contributed by atoms with Crippen molar-refractivity contribution in [2.45, 2.75) is 64.5 Å². The minimum absolute atomic E-state index is 0.297. The lowest BCUT2D eigenvalue weighted by molar-refractivity contribution is -0.118. The van der Waals surface area contributed by atoms with Crippen LogP contribution in [0.25, 0.3) is 0 Å². The second kappa shape index (κ2) is 4.88. The first kappa shape index (κ1) is 15.3. The van der Waals surface area contributed by atoms with E-state index in [2.05, 4.69) is 19.2 Å². The Labute approximate surface area is 143 Å². The zero-order valence-corrected chi connectivity index (χ0v) is 15.0. The van der Waals surface area contributed by atoms with E-state index >= 15 is 0 Å². The highest BCUT2D eigenvalue weighted by Gasteiger charge is 2.59. The summed E-state index contributed by atoms with van der Waals surface area (Å²) >= 11 is 12.7. The fourth-order valence-electron chi connectivity index (χ4n) is 6.62. The number of nitrogens with one attached hydrogen (secondary N) is 1. The molecule has 2 unspecified atom stereocenters. The number of rotatable bonds is 3. The van der Waals surface area contributed by atoms with Crippen LogP contribution >= 0.6 is 23.2 Å². The van der Waals surface area contributed by atoms with Crippen LogP contribution in [0.3, 0.4) is 0 Å². The largest absolute Gasteiger partial charge is 0.307 e. The molecule has 4 bridgehead atoms. The van der Waals surface area contributed by atoms with Crippen LogP contribution < -0.4 is 5.32 Å². The van der Waals surface area contributed by atoms with Gasteiger partial charge in [0.15, 0.2) is 0 Å². The number of benzene rings is 1. The normalized spacial score (nSPS) is 42.8. The van der Waals surface area contributed by atoms with E-state index in [1.165, 1.54) is 38.5 Å². The van der Waals surface area contributed by atoms with Crippen molar-refractivity contribution >= 4 is 23.2 Å². The lowest BCUT2D eigenvalue weighted by Crippen LogP contribution is -2.63. The Morgan fingerprint density at radius 2 is 1.59 bits per heavy atom. The number of halogens is 2.